The molecule has 0 amide bonds. The van der Waals surface area contributed by atoms with Gasteiger partial charge in [-0.05, 0) is 98.2 Å². The summed E-state index contributed by atoms with van der Waals surface area (Å²) in [5, 5.41) is 13.1. The molecular formula is C26H27N3O5S. The average Bonchev–Trinajstić information content (AvgIpc) is 3.53. The fourth-order valence-corrected chi connectivity index (χ4v) is 7.48. The van der Waals surface area contributed by atoms with Crippen LogP contribution in [0.25, 0.3) is 0 Å². The quantitative estimate of drug-likeness (QED) is 0.453. The molecule has 2 fully saturated rings. The van der Waals surface area contributed by atoms with E-state index in [4.69, 9.17) is 4.42 Å². The second kappa shape index (κ2) is 7.84. The van der Waals surface area contributed by atoms with E-state index in [1.165, 1.54) is 0 Å². The molecule has 35 heavy (non-hydrogen) atoms. The van der Waals surface area contributed by atoms with Gasteiger partial charge >= 0.3 is 12.0 Å². The molecule has 2 aliphatic carbocycles. The number of oxazole rings is 1. The molecule has 8 nitrogen and oxygen atoms in total. The Kier molecular flexibility index (Phi) is 4.96. The lowest BCUT2D eigenvalue weighted by molar-refractivity contribution is 0.0696. The molecule has 0 saturated heterocycles. The summed E-state index contributed by atoms with van der Waals surface area (Å²) in [5.74, 6) is 1.17. The molecule has 1 aliphatic heterocycles. The Morgan fingerprint density at radius 2 is 1.94 bits per heavy atom. The van der Waals surface area contributed by atoms with Crippen LogP contribution < -0.4 is 10.0 Å². The Morgan fingerprint density at radius 1 is 1.14 bits per heavy atom. The number of hydrogen-bond acceptors (Lipinski definition) is 6. The minimum atomic E-state index is -3.87. The maximum Gasteiger partial charge on any atom is 0.335 e. The van der Waals surface area contributed by atoms with Gasteiger partial charge in [0.2, 0.25) is 0 Å². The SMILES string of the molecule is Cc1nc(NS(=O)(=O)c2ccc3c(c2)[C@H]2[C@H]4CC[C@@H](C4)[C@@H]2[C@H](c2cccc(C(=O)O)c2)N3)oc1C. The maximum absolute atomic E-state index is 13.2. The van der Waals surface area contributed by atoms with E-state index < -0.39 is 16.0 Å². The average molecular weight is 494 g/mol. The van der Waals surface area contributed by atoms with E-state index >= 15 is 0 Å². The molecule has 3 N–H and O–H groups in total. The summed E-state index contributed by atoms with van der Waals surface area (Å²) in [4.78, 5) is 15.9. The van der Waals surface area contributed by atoms with Gasteiger partial charge in [-0.2, -0.15) is 4.98 Å². The number of aryl methyl sites for hydroxylation is 2. The standard InChI is InChI=1S/C26H27N3O5S/c1-13-14(2)34-26(27-13)29-35(32,33)19-8-9-21-20(12-19)22-15-6-7-16(10-15)23(22)24(28-21)17-4-3-5-18(11-17)25(30)31/h3-5,8-9,11-12,15-16,22-24,28H,6-7,10H2,1-2H3,(H,27,29)(H,30,31)/t15-,16-,22+,23-,24-/m0/s1. The first kappa shape index (κ1) is 22.2. The minimum Gasteiger partial charge on any atom is -0.478 e. The van der Waals surface area contributed by atoms with Crippen molar-refractivity contribution in [2.45, 2.75) is 50.0 Å². The van der Waals surface area contributed by atoms with Gasteiger partial charge in [0.05, 0.1) is 22.2 Å². The van der Waals surface area contributed by atoms with Gasteiger partial charge in [0.25, 0.3) is 10.0 Å². The van der Waals surface area contributed by atoms with E-state index in [9.17, 15) is 18.3 Å². The van der Waals surface area contributed by atoms with Crippen LogP contribution in [0.15, 0.2) is 51.8 Å². The lowest BCUT2D eigenvalue weighted by Crippen LogP contribution is -2.35. The van der Waals surface area contributed by atoms with Gasteiger partial charge in [-0.25, -0.2) is 17.9 Å². The topological polar surface area (TPSA) is 122 Å². The molecule has 9 heteroatoms. The van der Waals surface area contributed by atoms with Crippen molar-refractivity contribution in [3.8, 4) is 0 Å². The molecule has 0 unspecified atom stereocenters. The molecule has 2 aromatic carbocycles. The first-order chi connectivity index (χ1) is 16.7. The van der Waals surface area contributed by atoms with E-state index in [0.717, 1.165) is 36.1 Å². The number of benzene rings is 2. The van der Waals surface area contributed by atoms with Gasteiger partial charge in [0.1, 0.15) is 5.76 Å². The monoisotopic (exact) mass is 493 g/mol. The van der Waals surface area contributed by atoms with Crippen molar-refractivity contribution >= 4 is 27.7 Å². The van der Waals surface area contributed by atoms with E-state index in [1.54, 1.807) is 44.2 Å². The fourth-order valence-electron chi connectivity index (χ4n) is 6.52. The van der Waals surface area contributed by atoms with Crippen molar-refractivity contribution in [2.75, 3.05) is 10.0 Å². The molecule has 5 atom stereocenters. The summed E-state index contributed by atoms with van der Waals surface area (Å²) in [6.45, 7) is 3.50. The number of carboxylic acids is 1. The zero-order valence-electron chi connectivity index (χ0n) is 19.5. The first-order valence-corrected chi connectivity index (χ1v) is 13.4. The summed E-state index contributed by atoms with van der Waals surface area (Å²) in [5.41, 5.74) is 3.81. The largest absolute Gasteiger partial charge is 0.478 e. The molecule has 3 aromatic rings. The number of fused-ring (bicyclic) bond motifs is 7. The van der Waals surface area contributed by atoms with Crippen LogP contribution >= 0.6 is 0 Å². The molecule has 1 aromatic heterocycles. The molecule has 6 rings (SSSR count). The molecule has 2 saturated carbocycles. The van der Waals surface area contributed by atoms with Crippen molar-refractivity contribution < 1.29 is 22.7 Å². The summed E-state index contributed by atoms with van der Waals surface area (Å²) in [7, 11) is -3.87. The number of sulfonamides is 1. The predicted octanol–water partition coefficient (Wildman–Crippen LogP) is 5.09. The number of carboxylic acid groups (broad SMARTS) is 1. The summed E-state index contributed by atoms with van der Waals surface area (Å²) in [6, 6.07) is 12.3. The third kappa shape index (κ3) is 3.60. The van der Waals surface area contributed by atoms with E-state index in [2.05, 4.69) is 15.0 Å². The van der Waals surface area contributed by atoms with Gasteiger partial charge < -0.3 is 14.8 Å². The smallest absolute Gasteiger partial charge is 0.335 e. The lowest BCUT2D eigenvalue weighted by Gasteiger charge is -2.43. The predicted molar refractivity (Wildman–Crippen MR) is 130 cm³/mol. The minimum absolute atomic E-state index is 0.0130. The van der Waals surface area contributed by atoms with Crippen LogP contribution in [0.3, 0.4) is 0 Å². The molecule has 2 heterocycles. The Hall–Kier alpha value is -3.33. The maximum atomic E-state index is 13.2. The number of rotatable bonds is 5. The van der Waals surface area contributed by atoms with Crippen LogP contribution in [0.4, 0.5) is 11.7 Å². The number of hydrogen-bond donors (Lipinski definition) is 3. The normalized spacial score (nSPS) is 26.6. The molecule has 2 bridgehead atoms. The highest BCUT2D eigenvalue weighted by molar-refractivity contribution is 7.92. The first-order valence-electron chi connectivity index (χ1n) is 11.9. The highest BCUT2D eigenvalue weighted by atomic mass is 32.2. The summed E-state index contributed by atoms with van der Waals surface area (Å²) >= 11 is 0. The number of anilines is 2. The second-order valence-electron chi connectivity index (χ2n) is 10.0. The van der Waals surface area contributed by atoms with Crippen molar-refractivity contribution in [3.05, 3.63) is 70.6 Å². The van der Waals surface area contributed by atoms with E-state index in [0.29, 0.717) is 23.3 Å². The van der Waals surface area contributed by atoms with Crippen LogP contribution in [0.5, 0.6) is 0 Å². The van der Waals surface area contributed by atoms with Gasteiger partial charge in [-0.3, -0.25) is 0 Å². The van der Waals surface area contributed by atoms with Crippen LogP contribution in [-0.2, 0) is 10.0 Å². The van der Waals surface area contributed by atoms with Crippen molar-refractivity contribution in [2.24, 2.45) is 17.8 Å². The van der Waals surface area contributed by atoms with E-state index in [-0.39, 0.29) is 34.4 Å². The van der Waals surface area contributed by atoms with Crippen molar-refractivity contribution in [1.82, 2.24) is 4.98 Å². The van der Waals surface area contributed by atoms with Crippen molar-refractivity contribution in [1.29, 1.82) is 0 Å². The molecule has 0 spiro atoms. The Labute approximate surface area is 203 Å². The van der Waals surface area contributed by atoms with E-state index in [1.807, 2.05) is 12.1 Å². The summed E-state index contributed by atoms with van der Waals surface area (Å²) < 4.78 is 34.2. The molecule has 0 radical (unpaired) electrons. The van der Waals surface area contributed by atoms with Gasteiger partial charge in [-0.1, -0.05) is 12.1 Å². The Bertz CT molecular complexity index is 1430. The van der Waals surface area contributed by atoms with Crippen molar-refractivity contribution in [3.63, 3.8) is 0 Å². The molecule has 182 valence electrons. The number of aromatic nitrogens is 1. The van der Waals surface area contributed by atoms with Gasteiger partial charge in [0.15, 0.2) is 0 Å². The summed E-state index contributed by atoms with van der Waals surface area (Å²) in [6.07, 6.45) is 3.41. The zero-order chi connectivity index (χ0) is 24.5. The number of nitrogens with zero attached hydrogens (tertiary/aromatic N) is 1. The fraction of sp³-hybridized carbons (Fsp3) is 0.385. The lowest BCUT2D eigenvalue weighted by atomic mass is 9.68. The zero-order valence-corrected chi connectivity index (χ0v) is 20.3. The highest BCUT2D eigenvalue weighted by Gasteiger charge is 2.54. The number of carbonyl (C=O) groups is 1. The number of nitrogens with one attached hydrogen (secondary N) is 2. The van der Waals surface area contributed by atoms with Gasteiger partial charge in [-0.15, -0.1) is 0 Å². The van der Waals surface area contributed by atoms with Crippen LogP contribution in [-0.4, -0.2) is 24.5 Å². The van der Waals surface area contributed by atoms with Crippen LogP contribution in [0, 0.1) is 31.6 Å². The molecule has 3 aliphatic rings. The third-order valence-electron chi connectivity index (χ3n) is 8.11. The van der Waals surface area contributed by atoms with Gasteiger partial charge in [0, 0.05) is 5.69 Å². The molecular weight excluding hydrogens is 466 g/mol. The van der Waals surface area contributed by atoms with Crippen LogP contribution in [0.2, 0.25) is 0 Å². The number of aromatic carboxylic acids is 1. The second-order valence-corrected chi connectivity index (χ2v) is 11.7. The van der Waals surface area contributed by atoms with Crippen LogP contribution in [0.1, 0.15) is 64.2 Å². The Morgan fingerprint density at radius 3 is 2.69 bits per heavy atom. The highest BCUT2D eigenvalue weighted by Crippen LogP contribution is 2.63. The third-order valence-corrected chi connectivity index (χ3v) is 9.43. The Balaban J connectivity index is 1.38.